The zero-order valence-corrected chi connectivity index (χ0v) is 14.8. The van der Waals surface area contributed by atoms with Gasteiger partial charge in [-0.15, -0.1) is 0 Å². The number of aromatic nitrogens is 2. The second-order valence-corrected chi connectivity index (χ2v) is 6.82. The number of carbonyl (C=O) groups excluding carboxylic acids is 1. The highest BCUT2D eigenvalue weighted by atomic mass is 16.6. The lowest BCUT2D eigenvalue weighted by Crippen LogP contribution is -2.61. The Balaban J connectivity index is 1.59. The molecule has 1 spiro atoms. The highest BCUT2D eigenvalue weighted by molar-refractivity contribution is 5.95. The lowest BCUT2D eigenvalue weighted by Gasteiger charge is -2.43. The molecule has 1 amide bonds. The molecule has 0 N–H and O–H groups in total. The largest absolute Gasteiger partial charge is 0.376 e. The van der Waals surface area contributed by atoms with Crippen LogP contribution in [0.2, 0.25) is 0 Å². The Kier molecular flexibility index (Phi) is 4.57. The molecular formula is C19H22N4O3. The first-order chi connectivity index (χ1) is 12.7. The summed E-state index contributed by atoms with van der Waals surface area (Å²) in [6.07, 6.45) is 3.62. The predicted octanol–water partition coefficient (Wildman–Crippen LogP) is 1.42. The number of hydrogen-bond acceptors (Lipinski definition) is 6. The van der Waals surface area contributed by atoms with Crippen molar-refractivity contribution in [1.29, 1.82) is 0 Å². The van der Waals surface area contributed by atoms with Crippen LogP contribution in [0.1, 0.15) is 5.56 Å². The number of ether oxygens (including phenoxy) is 2. The van der Waals surface area contributed by atoms with E-state index < -0.39 is 5.60 Å². The first kappa shape index (κ1) is 16.9. The van der Waals surface area contributed by atoms with E-state index in [4.69, 9.17) is 9.47 Å². The van der Waals surface area contributed by atoms with Gasteiger partial charge in [-0.2, -0.15) is 0 Å². The van der Waals surface area contributed by atoms with E-state index in [-0.39, 0.29) is 12.5 Å². The summed E-state index contributed by atoms with van der Waals surface area (Å²) in [7, 11) is 0. The number of nitrogens with zero attached hydrogens (tertiary/aromatic N) is 4. The molecule has 0 saturated carbocycles. The zero-order valence-electron chi connectivity index (χ0n) is 14.8. The number of benzene rings is 1. The Morgan fingerprint density at radius 1 is 1.12 bits per heavy atom. The summed E-state index contributed by atoms with van der Waals surface area (Å²) in [5, 5.41) is 0. The molecule has 4 rings (SSSR count). The van der Waals surface area contributed by atoms with Crippen LogP contribution < -0.4 is 9.80 Å². The van der Waals surface area contributed by atoms with Gasteiger partial charge in [0.15, 0.2) is 0 Å². The quantitative estimate of drug-likeness (QED) is 0.813. The minimum Gasteiger partial charge on any atom is -0.376 e. The number of amides is 1. The molecule has 26 heavy (non-hydrogen) atoms. The average Bonchev–Trinajstić information content (AvgIpc) is 2.88. The van der Waals surface area contributed by atoms with E-state index in [2.05, 4.69) is 14.9 Å². The summed E-state index contributed by atoms with van der Waals surface area (Å²) in [6, 6.07) is 9.68. The van der Waals surface area contributed by atoms with Crippen molar-refractivity contribution in [3.8, 4) is 0 Å². The Morgan fingerprint density at radius 2 is 1.88 bits per heavy atom. The van der Waals surface area contributed by atoms with Gasteiger partial charge in [-0.3, -0.25) is 4.79 Å². The van der Waals surface area contributed by atoms with Crippen LogP contribution in [0.4, 0.5) is 11.6 Å². The molecule has 1 aromatic carbocycles. The van der Waals surface area contributed by atoms with E-state index in [1.54, 1.807) is 4.90 Å². The van der Waals surface area contributed by atoms with Crippen molar-refractivity contribution in [2.24, 2.45) is 0 Å². The van der Waals surface area contributed by atoms with Gasteiger partial charge in [-0.25, -0.2) is 9.97 Å². The third kappa shape index (κ3) is 3.40. The SMILES string of the molecule is Cc1cnc(N2CCOCC3(C2)CN(c2ccccc2)C(=O)CO3)nc1. The summed E-state index contributed by atoms with van der Waals surface area (Å²) in [6.45, 7) is 4.72. The van der Waals surface area contributed by atoms with Gasteiger partial charge in [0.1, 0.15) is 12.2 Å². The molecule has 0 aliphatic carbocycles. The molecule has 2 aromatic rings. The third-order valence-electron chi connectivity index (χ3n) is 4.72. The van der Waals surface area contributed by atoms with Crippen LogP contribution in [0.3, 0.4) is 0 Å². The van der Waals surface area contributed by atoms with Crippen molar-refractivity contribution in [1.82, 2.24) is 9.97 Å². The van der Waals surface area contributed by atoms with Gasteiger partial charge < -0.3 is 19.3 Å². The van der Waals surface area contributed by atoms with E-state index in [1.165, 1.54) is 0 Å². The second-order valence-electron chi connectivity index (χ2n) is 6.82. The summed E-state index contributed by atoms with van der Waals surface area (Å²) in [5.74, 6) is 0.622. The van der Waals surface area contributed by atoms with Crippen molar-refractivity contribution in [3.63, 3.8) is 0 Å². The maximum Gasteiger partial charge on any atom is 0.253 e. The molecule has 7 nitrogen and oxygen atoms in total. The van der Waals surface area contributed by atoms with E-state index in [0.717, 1.165) is 11.3 Å². The molecule has 2 aliphatic rings. The Hall–Kier alpha value is -2.51. The first-order valence-electron chi connectivity index (χ1n) is 8.76. The smallest absolute Gasteiger partial charge is 0.253 e. The minimum absolute atomic E-state index is 0.0378. The van der Waals surface area contributed by atoms with E-state index in [1.807, 2.05) is 49.6 Å². The van der Waals surface area contributed by atoms with Crippen LogP contribution in [-0.2, 0) is 14.3 Å². The molecule has 2 fully saturated rings. The van der Waals surface area contributed by atoms with Crippen molar-refractivity contribution >= 4 is 17.5 Å². The summed E-state index contributed by atoms with van der Waals surface area (Å²) in [5.41, 5.74) is 1.29. The lowest BCUT2D eigenvalue weighted by atomic mass is 10.0. The molecular weight excluding hydrogens is 332 g/mol. The standard InChI is InChI=1S/C19H22N4O3/c1-15-9-20-18(21-10-15)22-7-8-25-14-19(12-22)13-23(17(24)11-26-19)16-5-3-2-4-6-16/h2-6,9-10H,7-8,11-14H2,1H3. The molecule has 0 bridgehead atoms. The first-order valence-corrected chi connectivity index (χ1v) is 8.76. The zero-order chi connectivity index (χ0) is 18.0. The molecule has 136 valence electrons. The van der Waals surface area contributed by atoms with Crippen LogP contribution in [0.5, 0.6) is 0 Å². The van der Waals surface area contributed by atoms with Gasteiger partial charge in [-0.05, 0) is 24.6 Å². The van der Waals surface area contributed by atoms with Crippen LogP contribution in [0, 0.1) is 6.92 Å². The fourth-order valence-electron chi connectivity index (χ4n) is 3.37. The maximum atomic E-state index is 12.4. The topological polar surface area (TPSA) is 67.8 Å². The number of morpholine rings is 1. The monoisotopic (exact) mass is 354 g/mol. The molecule has 7 heteroatoms. The van der Waals surface area contributed by atoms with Gasteiger partial charge >= 0.3 is 0 Å². The van der Waals surface area contributed by atoms with Gasteiger partial charge in [0.25, 0.3) is 5.91 Å². The number of carbonyl (C=O) groups is 1. The molecule has 1 aromatic heterocycles. The van der Waals surface area contributed by atoms with Crippen molar-refractivity contribution in [3.05, 3.63) is 48.3 Å². The van der Waals surface area contributed by atoms with Crippen molar-refractivity contribution < 1.29 is 14.3 Å². The molecule has 2 aliphatic heterocycles. The molecule has 3 heterocycles. The van der Waals surface area contributed by atoms with Crippen LogP contribution in [0.25, 0.3) is 0 Å². The lowest BCUT2D eigenvalue weighted by molar-refractivity contribution is -0.143. The normalized spacial score (nSPS) is 24.0. The van der Waals surface area contributed by atoms with Gasteiger partial charge in [0.05, 0.1) is 26.3 Å². The van der Waals surface area contributed by atoms with Gasteiger partial charge in [0, 0.05) is 24.6 Å². The number of hydrogen-bond donors (Lipinski definition) is 0. The van der Waals surface area contributed by atoms with E-state index in [9.17, 15) is 4.79 Å². The average molecular weight is 354 g/mol. The highest BCUT2D eigenvalue weighted by Gasteiger charge is 2.43. The van der Waals surface area contributed by atoms with Crippen LogP contribution >= 0.6 is 0 Å². The fourth-order valence-corrected chi connectivity index (χ4v) is 3.37. The number of rotatable bonds is 2. The molecule has 2 saturated heterocycles. The fraction of sp³-hybridized carbons (Fsp3) is 0.421. The van der Waals surface area contributed by atoms with E-state index >= 15 is 0 Å². The Bertz CT molecular complexity index is 768. The molecule has 1 unspecified atom stereocenters. The summed E-state index contributed by atoms with van der Waals surface area (Å²) < 4.78 is 11.8. The number of anilines is 2. The van der Waals surface area contributed by atoms with Crippen molar-refractivity contribution in [2.75, 3.05) is 49.3 Å². The maximum absolute atomic E-state index is 12.4. The van der Waals surface area contributed by atoms with Crippen LogP contribution in [-0.4, -0.2) is 60.9 Å². The Morgan fingerprint density at radius 3 is 2.65 bits per heavy atom. The third-order valence-corrected chi connectivity index (χ3v) is 4.72. The van der Waals surface area contributed by atoms with Gasteiger partial charge in [-0.1, -0.05) is 18.2 Å². The second kappa shape index (κ2) is 7.01. The summed E-state index contributed by atoms with van der Waals surface area (Å²) >= 11 is 0. The predicted molar refractivity (Wildman–Crippen MR) is 97.3 cm³/mol. The van der Waals surface area contributed by atoms with Gasteiger partial charge in [0.2, 0.25) is 5.95 Å². The number of para-hydroxylation sites is 1. The Labute approximate surface area is 152 Å². The number of aryl methyl sites for hydroxylation is 1. The molecule has 1 atom stereocenters. The minimum atomic E-state index is -0.603. The van der Waals surface area contributed by atoms with Crippen molar-refractivity contribution in [2.45, 2.75) is 12.5 Å². The molecule has 0 radical (unpaired) electrons. The van der Waals surface area contributed by atoms with E-state index in [0.29, 0.717) is 38.8 Å². The highest BCUT2D eigenvalue weighted by Crippen LogP contribution is 2.28. The summed E-state index contributed by atoms with van der Waals surface area (Å²) in [4.78, 5) is 25.2. The van der Waals surface area contributed by atoms with Crippen LogP contribution in [0.15, 0.2) is 42.7 Å².